The molecule has 1 aromatic rings. The lowest BCUT2D eigenvalue weighted by atomic mass is 10.1. The van der Waals surface area contributed by atoms with E-state index in [0.717, 1.165) is 0 Å². The lowest BCUT2D eigenvalue weighted by molar-refractivity contribution is -0.131. The van der Waals surface area contributed by atoms with Crippen LogP contribution >= 0.6 is 0 Å². The largest absolute Gasteiger partial charge is 0.478 e. The van der Waals surface area contributed by atoms with Gasteiger partial charge in [0.1, 0.15) is 5.75 Å². The van der Waals surface area contributed by atoms with Crippen LogP contribution in [0.15, 0.2) is 30.9 Å². The zero-order chi connectivity index (χ0) is 12.1. The van der Waals surface area contributed by atoms with Gasteiger partial charge in [0.2, 0.25) is 0 Å². The molecular formula is C12H12O4. The van der Waals surface area contributed by atoms with Crippen LogP contribution in [-0.2, 0) is 11.2 Å². The molecule has 1 rings (SSSR count). The number of carboxylic acid groups (broad SMARTS) is 1. The van der Waals surface area contributed by atoms with E-state index in [-0.39, 0.29) is 5.56 Å². The van der Waals surface area contributed by atoms with Crippen molar-refractivity contribution in [1.82, 2.24) is 0 Å². The molecule has 0 saturated heterocycles. The summed E-state index contributed by atoms with van der Waals surface area (Å²) < 4.78 is 4.95. The number of carbonyl (C=O) groups is 2. The van der Waals surface area contributed by atoms with Crippen LogP contribution in [0.5, 0.6) is 5.75 Å². The first-order valence-corrected chi connectivity index (χ1v) is 4.70. The zero-order valence-corrected chi connectivity index (χ0v) is 8.90. The van der Waals surface area contributed by atoms with E-state index in [1.54, 1.807) is 6.08 Å². The Balaban J connectivity index is 3.12. The molecule has 0 aliphatic heterocycles. The average Bonchev–Trinajstić information content (AvgIpc) is 2.20. The molecular weight excluding hydrogens is 208 g/mol. The van der Waals surface area contributed by atoms with Gasteiger partial charge in [-0.25, -0.2) is 4.79 Å². The molecule has 4 nitrogen and oxygen atoms in total. The summed E-state index contributed by atoms with van der Waals surface area (Å²) in [4.78, 5) is 21.6. The van der Waals surface area contributed by atoms with Gasteiger partial charge in [0, 0.05) is 6.92 Å². The van der Waals surface area contributed by atoms with Gasteiger partial charge in [-0.1, -0.05) is 6.08 Å². The van der Waals surface area contributed by atoms with Gasteiger partial charge in [-0.3, -0.25) is 4.79 Å². The second-order valence-corrected chi connectivity index (χ2v) is 3.21. The number of allylic oxidation sites excluding steroid dienone is 1. The minimum absolute atomic E-state index is 0.160. The molecule has 0 aromatic heterocycles. The van der Waals surface area contributed by atoms with Crippen molar-refractivity contribution in [3.63, 3.8) is 0 Å². The monoisotopic (exact) mass is 220 g/mol. The first-order valence-electron chi connectivity index (χ1n) is 4.70. The number of esters is 1. The van der Waals surface area contributed by atoms with E-state index in [2.05, 4.69) is 6.58 Å². The lowest BCUT2D eigenvalue weighted by Gasteiger charge is -2.08. The van der Waals surface area contributed by atoms with Crippen LogP contribution in [0.2, 0.25) is 0 Å². The molecule has 1 N–H and O–H groups in total. The fraction of sp³-hybridized carbons (Fsp3) is 0.167. The summed E-state index contributed by atoms with van der Waals surface area (Å²) in [6.45, 7) is 4.86. The molecule has 0 unspecified atom stereocenters. The van der Waals surface area contributed by atoms with E-state index in [4.69, 9.17) is 9.84 Å². The van der Waals surface area contributed by atoms with Gasteiger partial charge >= 0.3 is 11.9 Å². The fourth-order valence-electron chi connectivity index (χ4n) is 1.28. The Bertz CT molecular complexity index is 435. The summed E-state index contributed by atoms with van der Waals surface area (Å²) in [6.07, 6.45) is 2.07. The number of carbonyl (C=O) groups excluding carboxylic acids is 1. The fourth-order valence-corrected chi connectivity index (χ4v) is 1.28. The number of hydrogen-bond donors (Lipinski definition) is 1. The Kier molecular flexibility index (Phi) is 3.83. The summed E-state index contributed by atoms with van der Waals surface area (Å²) in [5.74, 6) is -1.08. The van der Waals surface area contributed by atoms with Gasteiger partial charge in [0.15, 0.2) is 0 Å². The van der Waals surface area contributed by atoms with E-state index in [1.165, 1.54) is 25.1 Å². The molecule has 16 heavy (non-hydrogen) atoms. The van der Waals surface area contributed by atoms with Crippen LogP contribution in [0.1, 0.15) is 22.8 Å². The Morgan fingerprint density at radius 2 is 2.19 bits per heavy atom. The molecule has 0 aliphatic rings. The van der Waals surface area contributed by atoms with E-state index in [1.807, 2.05) is 0 Å². The maximum Gasteiger partial charge on any atom is 0.335 e. The molecule has 0 heterocycles. The minimum Gasteiger partial charge on any atom is -0.478 e. The van der Waals surface area contributed by atoms with Crippen LogP contribution in [0.25, 0.3) is 0 Å². The molecule has 84 valence electrons. The highest BCUT2D eigenvalue weighted by Crippen LogP contribution is 2.21. The molecule has 0 aliphatic carbocycles. The first-order chi connectivity index (χ1) is 7.54. The predicted molar refractivity (Wildman–Crippen MR) is 58.6 cm³/mol. The highest BCUT2D eigenvalue weighted by Gasteiger charge is 2.09. The summed E-state index contributed by atoms with van der Waals surface area (Å²) >= 11 is 0. The molecule has 0 atom stereocenters. The summed E-state index contributed by atoms with van der Waals surface area (Å²) in [5, 5.41) is 8.82. The van der Waals surface area contributed by atoms with Crippen molar-refractivity contribution in [2.24, 2.45) is 0 Å². The second-order valence-electron chi connectivity index (χ2n) is 3.21. The van der Waals surface area contributed by atoms with E-state index in [9.17, 15) is 9.59 Å². The average molecular weight is 220 g/mol. The van der Waals surface area contributed by atoms with Crippen LogP contribution in [0.4, 0.5) is 0 Å². The van der Waals surface area contributed by atoms with E-state index >= 15 is 0 Å². The number of aromatic carboxylic acids is 1. The van der Waals surface area contributed by atoms with Crippen molar-refractivity contribution in [1.29, 1.82) is 0 Å². The van der Waals surface area contributed by atoms with Crippen LogP contribution in [0.3, 0.4) is 0 Å². The second kappa shape index (κ2) is 5.11. The third-order valence-corrected chi connectivity index (χ3v) is 1.93. The van der Waals surface area contributed by atoms with Gasteiger partial charge < -0.3 is 9.84 Å². The Hall–Kier alpha value is -2.10. The molecule has 4 heteroatoms. The van der Waals surface area contributed by atoms with Gasteiger partial charge in [0.05, 0.1) is 5.56 Å². The maximum absolute atomic E-state index is 10.8. The molecule has 0 bridgehead atoms. The van der Waals surface area contributed by atoms with Gasteiger partial charge in [-0.05, 0) is 30.2 Å². The molecule has 0 saturated carbocycles. The van der Waals surface area contributed by atoms with Crippen LogP contribution in [0, 0.1) is 0 Å². The van der Waals surface area contributed by atoms with Gasteiger partial charge in [0.25, 0.3) is 0 Å². The number of rotatable bonds is 4. The zero-order valence-electron chi connectivity index (χ0n) is 8.90. The van der Waals surface area contributed by atoms with E-state index < -0.39 is 11.9 Å². The van der Waals surface area contributed by atoms with Crippen molar-refractivity contribution < 1.29 is 19.4 Å². The van der Waals surface area contributed by atoms with Crippen molar-refractivity contribution in [2.45, 2.75) is 13.3 Å². The van der Waals surface area contributed by atoms with Gasteiger partial charge in [-0.15, -0.1) is 6.58 Å². The Morgan fingerprint density at radius 3 is 2.69 bits per heavy atom. The summed E-state index contributed by atoms with van der Waals surface area (Å²) in [6, 6.07) is 4.35. The topological polar surface area (TPSA) is 63.6 Å². The Labute approximate surface area is 93.2 Å². The predicted octanol–water partition coefficient (Wildman–Crippen LogP) is 2.04. The van der Waals surface area contributed by atoms with Crippen molar-refractivity contribution in [2.75, 3.05) is 0 Å². The minimum atomic E-state index is -1.01. The Morgan fingerprint density at radius 1 is 1.50 bits per heavy atom. The van der Waals surface area contributed by atoms with E-state index in [0.29, 0.717) is 17.7 Å². The van der Waals surface area contributed by atoms with Crippen molar-refractivity contribution in [3.8, 4) is 5.75 Å². The number of carboxylic acids is 1. The molecule has 1 aromatic carbocycles. The normalized spacial score (nSPS) is 9.56. The standard InChI is InChI=1S/C12H12O4/c1-3-4-9-7-10(12(14)15)5-6-11(9)16-8(2)13/h3,5-7H,1,4H2,2H3,(H,14,15). The smallest absolute Gasteiger partial charge is 0.335 e. The quantitative estimate of drug-likeness (QED) is 0.479. The summed E-state index contributed by atoms with van der Waals surface area (Å²) in [7, 11) is 0. The van der Waals surface area contributed by atoms with Crippen LogP contribution in [-0.4, -0.2) is 17.0 Å². The third-order valence-electron chi connectivity index (χ3n) is 1.93. The van der Waals surface area contributed by atoms with Crippen molar-refractivity contribution >= 4 is 11.9 Å². The SMILES string of the molecule is C=CCc1cc(C(=O)O)ccc1OC(C)=O. The number of ether oxygens (including phenoxy) is 1. The van der Waals surface area contributed by atoms with Gasteiger partial charge in [-0.2, -0.15) is 0 Å². The van der Waals surface area contributed by atoms with Crippen LogP contribution < -0.4 is 4.74 Å². The molecule has 0 spiro atoms. The lowest BCUT2D eigenvalue weighted by Crippen LogP contribution is -2.05. The molecule has 0 radical (unpaired) electrons. The highest BCUT2D eigenvalue weighted by molar-refractivity contribution is 5.88. The highest BCUT2D eigenvalue weighted by atomic mass is 16.5. The molecule has 0 amide bonds. The summed E-state index contributed by atoms with van der Waals surface area (Å²) in [5.41, 5.74) is 0.790. The number of hydrogen-bond acceptors (Lipinski definition) is 3. The first kappa shape index (κ1) is 12.0. The number of benzene rings is 1. The molecule has 0 fully saturated rings. The van der Waals surface area contributed by atoms with Crippen molar-refractivity contribution in [3.05, 3.63) is 42.0 Å². The maximum atomic E-state index is 10.8. The third kappa shape index (κ3) is 2.95.